The van der Waals surface area contributed by atoms with Gasteiger partial charge in [-0.1, -0.05) is 42.2 Å². The van der Waals surface area contributed by atoms with Crippen LogP contribution in [0.4, 0.5) is 0 Å². The Morgan fingerprint density at radius 2 is 2.10 bits per heavy atom. The second-order valence-electron chi connectivity index (χ2n) is 4.61. The van der Waals surface area contributed by atoms with E-state index in [1.54, 1.807) is 24.3 Å². The molecule has 0 radical (unpaired) electrons. The number of ether oxygens (including phenoxy) is 1. The molecule has 1 aromatic rings. The number of benzene rings is 1. The van der Waals surface area contributed by atoms with Crippen LogP contribution in [0.3, 0.4) is 0 Å². The minimum atomic E-state index is -2.94. The Balaban J connectivity index is 1.70. The third-order valence-electron chi connectivity index (χ3n) is 2.85. The van der Waals surface area contributed by atoms with Crippen LogP contribution in [0.2, 0.25) is 0 Å². The molecule has 1 unspecified atom stereocenters. The lowest BCUT2D eigenvalue weighted by atomic mass is 10.3. The normalized spacial score (nSPS) is 19.9. The fourth-order valence-corrected chi connectivity index (χ4v) is 4.47. The van der Waals surface area contributed by atoms with Crippen LogP contribution in [-0.4, -0.2) is 42.0 Å². The molecule has 0 saturated carbocycles. The van der Waals surface area contributed by atoms with Crippen molar-refractivity contribution < 1.29 is 17.9 Å². The van der Waals surface area contributed by atoms with Crippen molar-refractivity contribution in [1.29, 1.82) is 0 Å². The minimum absolute atomic E-state index is 0.0835. The number of rotatable bonds is 4. The molecule has 2 rings (SSSR count). The molecule has 1 heterocycles. The zero-order valence-electron chi connectivity index (χ0n) is 11.2. The minimum Gasteiger partial charge on any atom is -0.426 e. The summed E-state index contributed by atoms with van der Waals surface area (Å²) in [6, 6.07) is 8.64. The van der Waals surface area contributed by atoms with Crippen molar-refractivity contribution in [3.05, 3.63) is 30.3 Å². The average molecular weight is 345 g/mol. The molecule has 114 valence electrons. The number of carbonyl (C=O) groups is 1. The Labute approximate surface area is 133 Å². The van der Waals surface area contributed by atoms with Crippen LogP contribution < -0.4 is 10.1 Å². The van der Waals surface area contributed by atoms with E-state index in [0.29, 0.717) is 16.5 Å². The average Bonchev–Trinajstić information content (AvgIpc) is 2.77. The highest BCUT2D eigenvalue weighted by Crippen LogP contribution is 2.14. The van der Waals surface area contributed by atoms with Crippen LogP contribution >= 0.6 is 24.0 Å². The highest BCUT2D eigenvalue weighted by molar-refractivity contribution is 8.23. The van der Waals surface area contributed by atoms with E-state index in [2.05, 4.69) is 5.32 Å². The molecule has 0 bridgehead atoms. The molecule has 21 heavy (non-hydrogen) atoms. The van der Waals surface area contributed by atoms with E-state index in [1.165, 1.54) is 0 Å². The number of hydrogen-bond donors (Lipinski definition) is 1. The van der Waals surface area contributed by atoms with Gasteiger partial charge in [0.2, 0.25) is 0 Å². The van der Waals surface area contributed by atoms with Crippen molar-refractivity contribution in [1.82, 2.24) is 5.32 Å². The predicted molar refractivity (Wildman–Crippen MR) is 87.3 cm³/mol. The van der Waals surface area contributed by atoms with Gasteiger partial charge in [-0.25, -0.2) is 8.42 Å². The summed E-state index contributed by atoms with van der Waals surface area (Å²) < 4.78 is 28.2. The summed E-state index contributed by atoms with van der Waals surface area (Å²) in [7, 11) is -2.94. The van der Waals surface area contributed by atoms with Gasteiger partial charge < -0.3 is 10.1 Å². The molecule has 1 aliphatic heterocycles. The first-order valence-corrected chi connectivity index (χ1v) is 9.55. The van der Waals surface area contributed by atoms with E-state index in [0.717, 1.165) is 11.8 Å². The first-order valence-electron chi connectivity index (χ1n) is 6.34. The molecule has 0 aliphatic carbocycles. The Kier molecular flexibility index (Phi) is 5.60. The van der Waals surface area contributed by atoms with Gasteiger partial charge in [0, 0.05) is 6.04 Å². The molecule has 1 aromatic carbocycles. The second-order valence-corrected chi connectivity index (χ2v) is 8.49. The van der Waals surface area contributed by atoms with Gasteiger partial charge in [-0.2, -0.15) is 0 Å². The Hall–Kier alpha value is -1.12. The lowest BCUT2D eigenvalue weighted by Crippen LogP contribution is -2.33. The molecule has 1 saturated heterocycles. The highest BCUT2D eigenvalue weighted by Gasteiger charge is 2.28. The van der Waals surface area contributed by atoms with Crippen molar-refractivity contribution in [2.24, 2.45) is 0 Å². The van der Waals surface area contributed by atoms with Crippen LogP contribution in [0.5, 0.6) is 5.75 Å². The van der Waals surface area contributed by atoms with Crippen molar-refractivity contribution >= 4 is 44.1 Å². The van der Waals surface area contributed by atoms with Gasteiger partial charge in [-0.3, -0.25) is 4.79 Å². The summed E-state index contributed by atoms with van der Waals surface area (Å²) in [5, 5.41) is 2.96. The first kappa shape index (κ1) is 16.3. The van der Waals surface area contributed by atoms with Crippen LogP contribution in [-0.2, 0) is 14.6 Å². The summed E-state index contributed by atoms with van der Waals surface area (Å²) >= 11 is 6.24. The maximum Gasteiger partial charge on any atom is 0.321 e. The van der Waals surface area contributed by atoms with Gasteiger partial charge in [-0.15, -0.1) is 0 Å². The largest absolute Gasteiger partial charge is 0.426 e. The fourth-order valence-electron chi connectivity index (χ4n) is 1.89. The topological polar surface area (TPSA) is 72.5 Å². The molecule has 0 amide bonds. The Morgan fingerprint density at radius 3 is 2.71 bits per heavy atom. The lowest BCUT2D eigenvalue weighted by Gasteiger charge is -2.12. The van der Waals surface area contributed by atoms with Crippen molar-refractivity contribution in [2.45, 2.75) is 12.5 Å². The maximum atomic E-state index is 11.6. The van der Waals surface area contributed by atoms with E-state index in [-0.39, 0.29) is 23.3 Å². The van der Waals surface area contributed by atoms with Crippen molar-refractivity contribution in [3.8, 4) is 5.75 Å². The monoisotopic (exact) mass is 345 g/mol. The number of esters is 1. The van der Waals surface area contributed by atoms with E-state index in [1.807, 2.05) is 6.07 Å². The first-order chi connectivity index (χ1) is 9.94. The molecule has 1 fully saturated rings. The molecule has 1 N–H and O–H groups in total. The maximum absolute atomic E-state index is 11.6. The third-order valence-corrected chi connectivity index (χ3v) is 5.85. The van der Waals surface area contributed by atoms with Gasteiger partial charge >= 0.3 is 5.97 Å². The lowest BCUT2D eigenvalue weighted by molar-refractivity contribution is -0.131. The Bertz CT molecular complexity index is 616. The molecular formula is C13H15NO4S3. The molecule has 5 nitrogen and oxygen atoms in total. The number of thioether (sulfide) groups is 1. The fraction of sp³-hybridized carbons (Fsp3) is 0.385. The van der Waals surface area contributed by atoms with Crippen molar-refractivity contribution in [2.75, 3.05) is 17.3 Å². The van der Waals surface area contributed by atoms with Gasteiger partial charge in [-0.05, 0) is 18.6 Å². The number of nitrogens with one attached hydrogen (secondary N) is 1. The summed E-state index contributed by atoms with van der Waals surface area (Å²) in [6.45, 7) is 0. The summed E-state index contributed by atoms with van der Waals surface area (Å²) in [6.07, 6.45) is 0.553. The van der Waals surface area contributed by atoms with Crippen LogP contribution in [0.25, 0.3) is 0 Å². The summed E-state index contributed by atoms with van der Waals surface area (Å²) in [5.41, 5.74) is 0. The van der Waals surface area contributed by atoms with E-state index < -0.39 is 15.8 Å². The second kappa shape index (κ2) is 7.24. The standard InChI is InChI=1S/C13H15NO4S3/c15-12(18-11-4-2-1-3-5-11)8-20-13(19)14-10-6-7-21(16,17)9-10/h1-5,10H,6-9H2,(H,14,19). The molecular weight excluding hydrogens is 330 g/mol. The molecule has 8 heteroatoms. The molecule has 0 spiro atoms. The number of para-hydroxylation sites is 1. The summed E-state index contributed by atoms with van der Waals surface area (Å²) in [5.74, 6) is 0.467. The third kappa shape index (κ3) is 5.64. The van der Waals surface area contributed by atoms with Gasteiger partial charge in [0.25, 0.3) is 0 Å². The predicted octanol–water partition coefficient (Wildman–Crippen LogP) is 1.39. The van der Waals surface area contributed by atoms with Crippen LogP contribution in [0.15, 0.2) is 30.3 Å². The molecule has 1 atom stereocenters. The van der Waals surface area contributed by atoms with Gasteiger partial charge in [0.15, 0.2) is 9.84 Å². The smallest absolute Gasteiger partial charge is 0.321 e. The van der Waals surface area contributed by atoms with Gasteiger partial charge in [0.1, 0.15) is 10.1 Å². The number of sulfone groups is 1. The zero-order valence-corrected chi connectivity index (χ0v) is 13.6. The van der Waals surface area contributed by atoms with E-state index >= 15 is 0 Å². The number of hydrogen-bond acceptors (Lipinski definition) is 6. The van der Waals surface area contributed by atoms with Gasteiger partial charge in [0.05, 0.1) is 17.3 Å². The number of thiocarbonyl (C=S) groups is 1. The molecule has 0 aromatic heterocycles. The zero-order chi connectivity index (χ0) is 15.3. The van der Waals surface area contributed by atoms with Crippen LogP contribution in [0.1, 0.15) is 6.42 Å². The summed E-state index contributed by atoms with van der Waals surface area (Å²) in [4.78, 5) is 11.6. The van der Waals surface area contributed by atoms with Crippen LogP contribution in [0, 0.1) is 0 Å². The van der Waals surface area contributed by atoms with Crippen molar-refractivity contribution in [3.63, 3.8) is 0 Å². The van der Waals surface area contributed by atoms with E-state index in [4.69, 9.17) is 17.0 Å². The molecule has 1 aliphatic rings. The number of carbonyl (C=O) groups excluding carboxylic acids is 1. The highest BCUT2D eigenvalue weighted by atomic mass is 32.2. The van der Waals surface area contributed by atoms with E-state index in [9.17, 15) is 13.2 Å². The Morgan fingerprint density at radius 1 is 1.38 bits per heavy atom. The quantitative estimate of drug-likeness (QED) is 0.502. The SMILES string of the molecule is O=C(CSC(=S)NC1CCS(=O)(=O)C1)Oc1ccccc1.